The van der Waals surface area contributed by atoms with Gasteiger partial charge in [-0.25, -0.2) is 4.39 Å². The highest BCUT2D eigenvalue weighted by Gasteiger charge is 2.29. The highest BCUT2D eigenvalue weighted by Crippen LogP contribution is 2.32. The van der Waals surface area contributed by atoms with Gasteiger partial charge in [-0.05, 0) is 54.6 Å². The maximum atomic E-state index is 13.6. The maximum Gasteiger partial charge on any atom is 0.416 e. The third-order valence-electron chi connectivity index (χ3n) is 5.18. The Bertz CT molecular complexity index is 1600. The Hall–Kier alpha value is -4.40. The third-order valence-corrected chi connectivity index (χ3v) is 5.18. The quantitative estimate of drug-likeness (QED) is 0.180. The summed E-state index contributed by atoms with van der Waals surface area (Å²) in [6, 6.07) is 15.1. The molecule has 2 aromatic heterocycles. The highest BCUT2D eigenvalue weighted by atomic mass is 19.4. The molecular formula is C25H14F4N2O3. The van der Waals surface area contributed by atoms with Crippen LogP contribution in [0.4, 0.5) is 23.2 Å². The van der Waals surface area contributed by atoms with Gasteiger partial charge in [0.05, 0.1) is 33.8 Å². The average molecular weight is 466 g/mol. The summed E-state index contributed by atoms with van der Waals surface area (Å²) in [5.41, 5.74) is 3.24. The van der Waals surface area contributed by atoms with E-state index in [-0.39, 0.29) is 16.4 Å². The van der Waals surface area contributed by atoms with E-state index in [1.54, 1.807) is 30.3 Å². The lowest BCUT2D eigenvalue weighted by atomic mass is 10.1. The van der Waals surface area contributed by atoms with Gasteiger partial charge in [0.25, 0.3) is 0 Å². The van der Waals surface area contributed by atoms with E-state index in [0.29, 0.717) is 33.6 Å². The monoisotopic (exact) mass is 466 g/mol. The van der Waals surface area contributed by atoms with Crippen molar-refractivity contribution < 1.29 is 26.4 Å². The number of hydrogen-bond acceptors (Lipinski definition) is 5. The number of anilines is 1. The Labute approximate surface area is 188 Å². The molecule has 5 nitrogen and oxygen atoms in total. The summed E-state index contributed by atoms with van der Waals surface area (Å²) in [4.78, 5) is 12.9. The van der Waals surface area contributed by atoms with Crippen molar-refractivity contribution in [2.75, 3.05) is 5.43 Å². The normalized spacial score (nSPS) is 12.1. The molecule has 0 bridgehead atoms. The van der Waals surface area contributed by atoms with Crippen LogP contribution in [0.5, 0.6) is 0 Å². The predicted octanol–water partition coefficient (Wildman–Crippen LogP) is 6.81. The standard InChI is InChI=1S/C25H14F4N2O3/c26-17-3-1-2-14(10-17)22-11-20-21(34-22)9-8-19-23(32)15(13-33-24(19)20)12-30-31-18-6-4-16(5-7-18)25(27,28)29/h1-13,31H/b30-12+. The SMILES string of the molecule is O=c1c(/C=N/Nc2ccc(C(F)(F)F)cc2)coc2c1ccc1oc(-c3cccc(F)c3)cc12. The first-order valence-electron chi connectivity index (χ1n) is 10.00. The lowest BCUT2D eigenvalue weighted by Crippen LogP contribution is -2.08. The summed E-state index contributed by atoms with van der Waals surface area (Å²) in [5, 5.41) is 4.76. The fourth-order valence-corrected chi connectivity index (χ4v) is 3.51. The molecule has 5 aromatic rings. The van der Waals surface area contributed by atoms with Gasteiger partial charge in [0.15, 0.2) is 0 Å². The molecule has 5 rings (SSSR count). The topological polar surface area (TPSA) is 67.7 Å². The maximum absolute atomic E-state index is 13.6. The molecule has 170 valence electrons. The summed E-state index contributed by atoms with van der Waals surface area (Å²) in [7, 11) is 0. The van der Waals surface area contributed by atoms with Gasteiger partial charge in [0.2, 0.25) is 5.43 Å². The van der Waals surface area contributed by atoms with Gasteiger partial charge in [-0.2, -0.15) is 18.3 Å². The Morgan fingerprint density at radius 3 is 2.47 bits per heavy atom. The number of fused-ring (bicyclic) bond motifs is 3. The first-order valence-corrected chi connectivity index (χ1v) is 10.00. The van der Waals surface area contributed by atoms with Crippen molar-refractivity contribution in [3.05, 3.63) is 100 Å². The largest absolute Gasteiger partial charge is 0.463 e. The predicted molar refractivity (Wildman–Crippen MR) is 120 cm³/mol. The lowest BCUT2D eigenvalue weighted by molar-refractivity contribution is -0.137. The van der Waals surface area contributed by atoms with Gasteiger partial charge in [0, 0.05) is 5.56 Å². The zero-order valence-electron chi connectivity index (χ0n) is 17.2. The van der Waals surface area contributed by atoms with Crippen molar-refractivity contribution in [1.82, 2.24) is 0 Å². The van der Waals surface area contributed by atoms with Crippen LogP contribution < -0.4 is 10.9 Å². The molecular weight excluding hydrogens is 452 g/mol. The van der Waals surface area contributed by atoms with Crippen molar-refractivity contribution in [2.45, 2.75) is 6.18 Å². The fourth-order valence-electron chi connectivity index (χ4n) is 3.51. The van der Waals surface area contributed by atoms with Gasteiger partial charge in [-0.1, -0.05) is 12.1 Å². The number of nitrogens with zero attached hydrogens (tertiary/aromatic N) is 1. The van der Waals surface area contributed by atoms with Crippen LogP contribution in [0, 0.1) is 5.82 Å². The highest BCUT2D eigenvalue weighted by molar-refractivity contribution is 6.04. The number of benzene rings is 3. The Kier molecular flexibility index (Phi) is 5.16. The number of hydrazone groups is 1. The molecule has 0 fully saturated rings. The molecule has 0 atom stereocenters. The van der Waals surface area contributed by atoms with Gasteiger partial charge in [-0.3, -0.25) is 10.2 Å². The second-order valence-corrected chi connectivity index (χ2v) is 7.44. The van der Waals surface area contributed by atoms with Crippen molar-refractivity contribution in [2.24, 2.45) is 5.10 Å². The average Bonchev–Trinajstić information content (AvgIpc) is 3.25. The number of hydrogen-bond donors (Lipinski definition) is 1. The summed E-state index contributed by atoms with van der Waals surface area (Å²) < 4.78 is 63.0. The number of nitrogens with one attached hydrogen (secondary N) is 1. The molecule has 0 aliphatic heterocycles. The van der Waals surface area contributed by atoms with Crippen LogP contribution in [0.15, 0.2) is 91.7 Å². The molecule has 1 N–H and O–H groups in total. The van der Waals surface area contributed by atoms with E-state index in [2.05, 4.69) is 10.5 Å². The molecule has 2 heterocycles. The van der Waals surface area contributed by atoms with Gasteiger partial charge >= 0.3 is 6.18 Å². The fraction of sp³-hybridized carbons (Fsp3) is 0.0400. The van der Waals surface area contributed by atoms with E-state index in [9.17, 15) is 22.4 Å². The molecule has 0 saturated heterocycles. The minimum Gasteiger partial charge on any atom is -0.463 e. The second kappa shape index (κ2) is 8.18. The van der Waals surface area contributed by atoms with E-state index in [0.717, 1.165) is 12.1 Å². The first-order chi connectivity index (χ1) is 16.3. The molecule has 0 aliphatic carbocycles. The van der Waals surface area contributed by atoms with Gasteiger partial charge in [0.1, 0.15) is 29.0 Å². The van der Waals surface area contributed by atoms with Crippen molar-refractivity contribution >= 4 is 33.8 Å². The summed E-state index contributed by atoms with van der Waals surface area (Å²) in [6.45, 7) is 0. The van der Waals surface area contributed by atoms with Crippen LogP contribution in [0.25, 0.3) is 33.3 Å². The van der Waals surface area contributed by atoms with Crippen molar-refractivity contribution in [3.63, 3.8) is 0 Å². The Morgan fingerprint density at radius 2 is 1.74 bits per heavy atom. The summed E-state index contributed by atoms with van der Waals surface area (Å²) in [5.74, 6) is 0.0270. The van der Waals surface area contributed by atoms with Crippen LogP contribution in [-0.2, 0) is 6.18 Å². The molecule has 0 radical (unpaired) electrons. The molecule has 0 saturated carbocycles. The molecule has 0 unspecified atom stereocenters. The van der Waals surface area contributed by atoms with Crippen LogP contribution in [0.3, 0.4) is 0 Å². The number of furan rings is 1. The van der Waals surface area contributed by atoms with Crippen molar-refractivity contribution in [3.8, 4) is 11.3 Å². The van der Waals surface area contributed by atoms with E-state index in [4.69, 9.17) is 8.83 Å². The number of alkyl halides is 3. The zero-order valence-corrected chi connectivity index (χ0v) is 17.2. The number of halogens is 4. The smallest absolute Gasteiger partial charge is 0.416 e. The second-order valence-electron chi connectivity index (χ2n) is 7.44. The molecule has 9 heteroatoms. The van der Waals surface area contributed by atoms with E-state index < -0.39 is 17.6 Å². The number of rotatable bonds is 4. The van der Waals surface area contributed by atoms with E-state index in [1.165, 1.54) is 36.7 Å². The van der Waals surface area contributed by atoms with E-state index >= 15 is 0 Å². The minimum absolute atomic E-state index is 0.139. The van der Waals surface area contributed by atoms with Crippen molar-refractivity contribution in [1.29, 1.82) is 0 Å². The molecule has 0 amide bonds. The van der Waals surface area contributed by atoms with Crippen LogP contribution in [-0.4, -0.2) is 6.21 Å². The zero-order chi connectivity index (χ0) is 23.9. The van der Waals surface area contributed by atoms with E-state index in [1.807, 2.05) is 0 Å². The lowest BCUT2D eigenvalue weighted by Gasteiger charge is -2.07. The Balaban J connectivity index is 1.44. The first kappa shape index (κ1) is 21.4. The molecule has 3 aromatic carbocycles. The van der Waals surface area contributed by atoms with Gasteiger partial charge in [-0.15, -0.1) is 0 Å². The molecule has 0 spiro atoms. The molecule has 34 heavy (non-hydrogen) atoms. The van der Waals surface area contributed by atoms with Crippen LogP contribution >= 0.6 is 0 Å². The third kappa shape index (κ3) is 4.03. The minimum atomic E-state index is -4.43. The van der Waals surface area contributed by atoms with Gasteiger partial charge < -0.3 is 8.83 Å². The summed E-state index contributed by atoms with van der Waals surface area (Å²) >= 11 is 0. The molecule has 0 aliphatic rings. The van der Waals surface area contributed by atoms with Crippen LogP contribution in [0.1, 0.15) is 11.1 Å². The van der Waals surface area contributed by atoms with Crippen LogP contribution in [0.2, 0.25) is 0 Å². The Morgan fingerprint density at radius 1 is 0.941 bits per heavy atom. The summed E-state index contributed by atoms with van der Waals surface area (Å²) in [6.07, 6.45) is -1.97.